The second kappa shape index (κ2) is 6.91. The van der Waals surface area contributed by atoms with Crippen molar-refractivity contribution in [2.75, 3.05) is 13.2 Å². The lowest BCUT2D eigenvalue weighted by atomic mass is 9.88. The molecule has 0 aromatic heterocycles. The van der Waals surface area contributed by atoms with E-state index < -0.39 is 0 Å². The van der Waals surface area contributed by atoms with Crippen LogP contribution in [-0.4, -0.2) is 18.8 Å². The highest BCUT2D eigenvalue weighted by Crippen LogP contribution is 2.30. The van der Waals surface area contributed by atoms with Gasteiger partial charge in [-0.2, -0.15) is 0 Å². The molecule has 1 unspecified atom stereocenters. The lowest BCUT2D eigenvalue weighted by Crippen LogP contribution is -2.42. The third-order valence-corrected chi connectivity index (χ3v) is 3.31. The molecule has 0 aliphatic carbocycles. The first-order valence-corrected chi connectivity index (χ1v) is 6.95. The number of hydrogen-bond acceptors (Lipinski definition) is 2. The van der Waals surface area contributed by atoms with Crippen LogP contribution in [0, 0.1) is 6.92 Å². The van der Waals surface area contributed by atoms with Crippen LogP contribution in [0.4, 0.5) is 0 Å². The van der Waals surface area contributed by atoms with Crippen LogP contribution in [0.5, 0.6) is 0 Å². The molecule has 102 valence electrons. The zero-order valence-electron chi connectivity index (χ0n) is 12.4. The van der Waals surface area contributed by atoms with Gasteiger partial charge in [0.15, 0.2) is 0 Å². The number of rotatable bonds is 7. The van der Waals surface area contributed by atoms with Crippen LogP contribution >= 0.6 is 0 Å². The van der Waals surface area contributed by atoms with Crippen LogP contribution in [0.1, 0.15) is 51.3 Å². The molecule has 0 amide bonds. The van der Waals surface area contributed by atoms with Crippen molar-refractivity contribution < 1.29 is 4.74 Å². The number of nitrogens with one attached hydrogen (secondary N) is 1. The molecule has 0 bridgehead atoms. The first-order chi connectivity index (χ1) is 8.53. The molecule has 1 aromatic carbocycles. The van der Waals surface area contributed by atoms with Gasteiger partial charge in [0.2, 0.25) is 0 Å². The summed E-state index contributed by atoms with van der Waals surface area (Å²) in [4.78, 5) is 0. The molecular weight excluding hydrogens is 222 g/mol. The molecule has 0 saturated carbocycles. The molecule has 0 saturated heterocycles. The molecule has 0 radical (unpaired) electrons. The Labute approximate surface area is 112 Å². The van der Waals surface area contributed by atoms with Crippen molar-refractivity contribution in [3.63, 3.8) is 0 Å². The van der Waals surface area contributed by atoms with Gasteiger partial charge in [-0.1, -0.05) is 31.2 Å². The maximum absolute atomic E-state index is 5.94. The van der Waals surface area contributed by atoms with E-state index in [4.69, 9.17) is 4.74 Å². The molecule has 18 heavy (non-hydrogen) atoms. The van der Waals surface area contributed by atoms with E-state index in [0.29, 0.717) is 0 Å². The molecule has 2 nitrogen and oxygen atoms in total. The normalized spacial score (nSPS) is 13.6. The van der Waals surface area contributed by atoms with Gasteiger partial charge in [-0.3, -0.25) is 0 Å². The molecule has 0 spiro atoms. The van der Waals surface area contributed by atoms with Gasteiger partial charge in [0.05, 0.1) is 11.6 Å². The van der Waals surface area contributed by atoms with Gasteiger partial charge < -0.3 is 10.1 Å². The smallest absolute Gasteiger partial charge is 0.0820 e. The highest BCUT2D eigenvalue weighted by Gasteiger charge is 2.31. The van der Waals surface area contributed by atoms with E-state index in [-0.39, 0.29) is 11.6 Å². The van der Waals surface area contributed by atoms with Crippen LogP contribution in [0.15, 0.2) is 24.3 Å². The molecule has 0 aliphatic rings. The van der Waals surface area contributed by atoms with Crippen molar-refractivity contribution in [3.8, 4) is 0 Å². The minimum absolute atomic E-state index is 0.198. The van der Waals surface area contributed by atoms with E-state index in [1.807, 2.05) is 0 Å². The van der Waals surface area contributed by atoms with Crippen molar-refractivity contribution in [3.05, 3.63) is 35.4 Å². The Hall–Kier alpha value is -0.860. The topological polar surface area (TPSA) is 21.3 Å². The molecule has 0 aliphatic heterocycles. The summed E-state index contributed by atoms with van der Waals surface area (Å²) < 4.78 is 5.94. The summed E-state index contributed by atoms with van der Waals surface area (Å²) >= 11 is 0. The van der Waals surface area contributed by atoms with Gasteiger partial charge in [0.25, 0.3) is 0 Å². The van der Waals surface area contributed by atoms with Gasteiger partial charge >= 0.3 is 0 Å². The predicted molar refractivity (Wildman–Crippen MR) is 77.9 cm³/mol. The standard InChI is InChI=1S/C16H27NO/c1-6-12-17-15(16(4,5)18-7-2)14-11-9-8-10-13(14)3/h8-11,15,17H,6-7,12H2,1-5H3. The summed E-state index contributed by atoms with van der Waals surface area (Å²) in [5.74, 6) is 0. The van der Waals surface area contributed by atoms with Crippen LogP contribution in [0.2, 0.25) is 0 Å². The first kappa shape index (κ1) is 15.2. The maximum Gasteiger partial charge on any atom is 0.0820 e. The van der Waals surface area contributed by atoms with E-state index in [0.717, 1.165) is 19.6 Å². The van der Waals surface area contributed by atoms with Gasteiger partial charge in [0.1, 0.15) is 0 Å². The fraction of sp³-hybridized carbons (Fsp3) is 0.625. The fourth-order valence-electron chi connectivity index (χ4n) is 2.38. The van der Waals surface area contributed by atoms with Crippen LogP contribution in [0.25, 0.3) is 0 Å². The zero-order chi connectivity index (χ0) is 13.6. The second-order valence-electron chi connectivity index (χ2n) is 5.28. The van der Waals surface area contributed by atoms with Gasteiger partial charge in [-0.05, 0) is 51.8 Å². The van der Waals surface area contributed by atoms with E-state index in [9.17, 15) is 0 Å². The van der Waals surface area contributed by atoms with Crippen LogP contribution in [0.3, 0.4) is 0 Å². The van der Waals surface area contributed by atoms with E-state index >= 15 is 0 Å². The fourth-order valence-corrected chi connectivity index (χ4v) is 2.38. The molecule has 0 fully saturated rings. The molecule has 1 rings (SSSR count). The molecule has 0 heterocycles. The Morgan fingerprint density at radius 2 is 1.89 bits per heavy atom. The van der Waals surface area contributed by atoms with Crippen molar-refractivity contribution in [2.45, 2.75) is 52.7 Å². The number of ether oxygens (including phenoxy) is 1. The Kier molecular flexibility index (Phi) is 5.83. The number of benzene rings is 1. The maximum atomic E-state index is 5.94. The zero-order valence-corrected chi connectivity index (χ0v) is 12.4. The minimum atomic E-state index is -0.198. The van der Waals surface area contributed by atoms with Crippen LogP contribution in [-0.2, 0) is 4.74 Å². The Morgan fingerprint density at radius 1 is 1.22 bits per heavy atom. The van der Waals surface area contributed by atoms with E-state index in [1.54, 1.807) is 0 Å². The summed E-state index contributed by atoms with van der Waals surface area (Å²) in [5, 5.41) is 3.63. The van der Waals surface area contributed by atoms with Gasteiger partial charge in [-0.25, -0.2) is 0 Å². The summed E-state index contributed by atoms with van der Waals surface area (Å²) in [5.41, 5.74) is 2.46. The second-order valence-corrected chi connectivity index (χ2v) is 5.28. The molecule has 1 atom stereocenters. The Morgan fingerprint density at radius 3 is 2.44 bits per heavy atom. The van der Waals surface area contributed by atoms with Crippen molar-refractivity contribution in [2.24, 2.45) is 0 Å². The lowest BCUT2D eigenvalue weighted by molar-refractivity contribution is -0.0393. The summed E-state index contributed by atoms with van der Waals surface area (Å²) in [6, 6.07) is 8.79. The SMILES string of the molecule is CCCNC(c1ccccc1C)C(C)(C)OCC. The number of hydrogen-bond donors (Lipinski definition) is 1. The lowest BCUT2D eigenvalue weighted by Gasteiger charge is -2.36. The quantitative estimate of drug-likeness (QED) is 0.792. The largest absolute Gasteiger partial charge is 0.374 e. The first-order valence-electron chi connectivity index (χ1n) is 6.95. The predicted octanol–water partition coefficient (Wildman–Crippen LogP) is 3.85. The Balaban J connectivity index is 3.01. The molecule has 1 N–H and O–H groups in total. The molecular formula is C16H27NO. The molecule has 2 heteroatoms. The summed E-state index contributed by atoms with van der Waals surface area (Å²) in [6.07, 6.45) is 1.13. The average Bonchev–Trinajstić information content (AvgIpc) is 2.31. The Bertz CT molecular complexity index is 360. The highest BCUT2D eigenvalue weighted by molar-refractivity contribution is 5.30. The van der Waals surface area contributed by atoms with Crippen molar-refractivity contribution in [1.82, 2.24) is 5.32 Å². The molecule has 1 aromatic rings. The van der Waals surface area contributed by atoms with Crippen molar-refractivity contribution >= 4 is 0 Å². The van der Waals surface area contributed by atoms with Crippen molar-refractivity contribution in [1.29, 1.82) is 0 Å². The highest BCUT2D eigenvalue weighted by atomic mass is 16.5. The van der Waals surface area contributed by atoms with E-state index in [1.165, 1.54) is 11.1 Å². The number of aryl methyl sites for hydroxylation is 1. The summed E-state index contributed by atoms with van der Waals surface area (Å²) in [7, 11) is 0. The third-order valence-electron chi connectivity index (χ3n) is 3.31. The van der Waals surface area contributed by atoms with E-state index in [2.05, 4.69) is 64.2 Å². The average molecular weight is 249 g/mol. The minimum Gasteiger partial charge on any atom is -0.374 e. The van der Waals surface area contributed by atoms with Crippen LogP contribution < -0.4 is 5.32 Å². The monoisotopic (exact) mass is 249 g/mol. The van der Waals surface area contributed by atoms with Gasteiger partial charge in [0, 0.05) is 6.61 Å². The van der Waals surface area contributed by atoms with Gasteiger partial charge in [-0.15, -0.1) is 0 Å². The third kappa shape index (κ3) is 3.82. The summed E-state index contributed by atoms with van der Waals surface area (Å²) in [6.45, 7) is 12.5.